The van der Waals surface area contributed by atoms with E-state index in [2.05, 4.69) is 9.97 Å². The molecule has 3 N–H and O–H groups in total. The number of H-pyrrole nitrogens is 1. The normalized spacial score (nSPS) is 19.6. The van der Waals surface area contributed by atoms with Gasteiger partial charge >= 0.3 is 5.97 Å². The van der Waals surface area contributed by atoms with Gasteiger partial charge in [-0.05, 0) is 0 Å². The quantitative estimate of drug-likeness (QED) is 0.602. The highest BCUT2D eigenvalue weighted by atomic mass is 16.4. The van der Waals surface area contributed by atoms with Crippen molar-refractivity contribution in [3.8, 4) is 5.88 Å². The minimum Gasteiger partial charge on any atom is -0.493 e. The van der Waals surface area contributed by atoms with Crippen molar-refractivity contribution < 1.29 is 19.8 Å². The van der Waals surface area contributed by atoms with Crippen LogP contribution in [0.4, 0.5) is 5.95 Å². The molecule has 2 rings (SSSR count). The van der Waals surface area contributed by atoms with Gasteiger partial charge in [0.2, 0.25) is 17.7 Å². The highest BCUT2D eigenvalue weighted by Gasteiger charge is 2.36. The molecular weight excluding hydrogens is 230 g/mol. The van der Waals surface area contributed by atoms with E-state index in [9.17, 15) is 14.4 Å². The second-order valence-electron chi connectivity index (χ2n) is 3.67. The molecule has 1 aromatic heterocycles. The maximum absolute atomic E-state index is 11.5. The summed E-state index contributed by atoms with van der Waals surface area (Å²) in [7, 11) is 0. The van der Waals surface area contributed by atoms with Crippen LogP contribution in [-0.2, 0) is 9.59 Å². The Bertz CT molecular complexity index is 538. The molecule has 1 unspecified atom stereocenters. The molecule has 1 amide bonds. The number of aromatic hydroxyl groups is 1. The summed E-state index contributed by atoms with van der Waals surface area (Å²) in [4.78, 5) is 40.2. The van der Waals surface area contributed by atoms with Crippen LogP contribution < -0.4 is 10.5 Å². The molecule has 0 saturated carbocycles. The second-order valence-corrected chi connectivity index (χ2v) is 3.67. The van der Waals surface area contributed by atoms with Crippen LogP contribution >= 0.6 is 0 Å². The van der Waals surface area contributed by atoms with E-state index in [0.29, 0.717) is 0 Å². The lowest BCUT2D eigenvalue weighted by Crippen LogP contribution is -2.29. The molecule has 17 heavy (non-hydrogen) atoms. The molecular formula is C9H9N3O5. The maximum Gasteiger partial charge on any atom is 0.308 e. The van der Waals surface area contributed by atoms with Crippen LogP contribution in [0.5, 0.6) is 5.88 Å². The number of nitrogens with one attached hydrogen (secondary N) is 1. The fraction of sp³-hybridized carbons (Fsp3) is 0.333. The number of amides is 1. The van der Waals surface area contributed by atoms with E-state index in [1.54, 1.807) is 0 Å². The number of aromatic nitrogens is 2. The van der Waals surface area contributed by atoms with E-state index in [-0.39, 0.29) is 18.9 Å². The molecule has 0 aliphatic carbocycles. The minimum atomic E-state index is -1.08. The molecule has 8 heteroatoms. The van der Waals surface area contributed by atoms with Crippen LogP contribution in [0.2, 0.25) is 0 Å². The zero-order valence-corrected chi connectivity index (χ0v) is 8.58. The largest absolute Gasteiger partial charge is 0.493 e. The van der Waals surface area contributed by atoms with Crippen molar-refractivity contribution in [2.45, 2.75) is 6.42 Å². The lowest BCUT2D eigenvalue weighted by atomic mass is 10.1. The number of carbonyl (C=O) groups excluding carboxylic acids is 1. The standard InChI is InChI=1S/C9H9N3O5/c13-5-2-6(14)11-9(10-5)12-3-4(8(16)17)1-7(12)15/h2,4H,1,3H2,(H,16,17)(H2,10,11,13,14). The Balaban J connectivity index is 2.32. The highest BCUT2D eigenvalue weighted by molar-refractivity contribution is 5.97. The molecule has 90 valence electrons. The van der Waals surface area contributed by atoms with E-state index >= 15 is 0 Å². The summed E-state index contributed by atoms with van der Waals surface area (Å²) in [6, 6.07) is 0.860. The number of hydrogen-bond donors (Lipinski definition) is 3. The number of aromatic amines is 1. The van der Waals surface area contributed by atoms with Gasteiger partial charge < -0.3 is 10.2 Å². The lowest BCUT2D eigenvalue weighted by Gasteiger charge is -2.13. The van der Waals surface area contributed by atoms with Crippen LogP contribution in [0.25, 0.3) is 0 Å². The fourth-order valence-corrected chi connectivity index (χ4v) is 1.64. The number of nitrogens with zero attached hydrogens (tertiary/aromatic N) is 2. The van der Waals surface area contributed by atoms with E-state index in [1.165, 1.54) is 0 Å². The molecule has 0 spiro atoms. The third kappa shape index (κ3) is 2.10. The Morgan fingerprint density at radius 3 is 2.76 bits per heavy atom. The number of hydrogen-bond acceptors (Lipinski definition) is 5. The van der Waals surface area contributed by atoms with Crippen molar-refractivity contribution in [1.82, 2.24) is 9.97 Å². The van der Waals surface area contributed by atoms with Crippen molar-refractivity contribution in [3.63, 3.8) is 0 Å². The summed E-state index contributed by atoms with van der Waals surface area (Å²) < 4.78 is 0. The van der Waals surface area contributed by atoms with Crippen molar-refractivity contribution >= 4 is 17.8 Å². The first-order valence-electron chi connectivity index (χ1n) is 4.81. The molecule has 1 aromatic rings. The Hall–Kier alpha value is -2.38. The van der Waals surface area contributed by atoms with Gasteiger partial charge in [-0.2, -0.15) is 4.98 Å². The lowest BCUT2D eigenvalue weighted by molar-refractivity contribution is -0.141. The Morgan fingerprint density at radius 2 is 2.24 bits per heavy atom. The van der Waals surface area contributed by atoms with Gasteiger partial charge in [0.1, 0.15) is 0 Å². The summed E-state index contributed by atoms with van der Waals surface area (Å²) >= 11 is 0. The van der Waals surface area contributed by atoms with Crippen molar-refractivity contribution in [2.75, 3.05) is 11.4 Å². The summed E-state index contributed by atoms with van der Waals surface area (Å²) in [6.45, 7) is -0.0689. The van der Waals surface area contributed by atoms with E-state index in [0.717, 1.165) is 11.0 Å². The Kier molecular flexibility index (Phi) is 2.54. The number of rotatable bonds is 2. The van der Waals surface area contributed by atoms with Gasteiger partial charge in [-0.1, -0.05) is 0 Å². The van der Waals surface area contributed by atoms with Gasteiger partial charge in [0.25, 0.3) is 5.56 Å². The first kappa shape index (κ1) is 11.1. The summed E-state index contributed by atoms with van der Waals surface area (Å²) in [5, 5.41) is 17.9. The molecule has 1 fully saturated rings. The van der Waals surface area contributed by atoms with Gasteiger partial charge in [-0.25, -0.2) is 0 Å². The smallest absolute Gasteiger partial charge is 0.308 e. The topological polar surface area (TPSA) is 124 Å². The molecule has 1 saturated heterocycles. The first-order chi connectivity index (χ1) is 7.97. The molecule has 2 heterocycles. The van der Waals surface area contributed by atoms with Crippen LogP contribution in [0.3, 0.4) is 0 Å². The van der Waals surface area contributed by atoms with Gasteiger partial charge in [0.15, 0.2) is 0 Å². The first-order valence-corrected chi connectivity index (χ1v) is 4.81. The van der Waals surface area contributed by atoms with Crippen LogP contribution in [0.1, 0.15) is 6.42 Å². The molecule has 1 aliphatic heterocycles. The average molecular weight is 239 g/mol. The Morgan fingerprint density at radius 1 is 1.53 bits per heavy atom. The average Bonchev–Trinajstić information content (AvgIpc) is 2.59. The summed E-state index contributed by atoms with van der Waals surface area (Å²) in [6.07, 6.45) is -0.144. The zero-order valence-electron chi connectivity index (χ0n) is 8.58. The van der Waals surface area contributed by atoms with Gasteiger partial charge in [-0.3, -0.25) is 24.3 Å². The zero-order chi connectivity index (χ0) is 12.6. The summed E-state index contributed by atoms with van der Waals surface area (Å²) in [5.41, 5.74) is -0.612. The van der Waals surface area contributed by atoms with Crippen molar-refractivity contribution in [1.29, 1.82) is 0 Å². The van der Waals surface area contributed by atoms with Crippen LogP contribution in [0, 0.1) is 5.92 Å². The molecule has 0 radical (unpaired) electrons. The Labute approximate surface area is 94.5 Å². The van der Waals surface area contributed by atoms with Gasteiger partial charge in [0.05, 0.1) is 12.0 Å². The minimum absolute atomic E-state index is 0.0689. The van der Waals surface area contributed by atoms with E-state index in [4.69, 9.17) is 10.2 Å². The van der Waals surface area contributed by atoms with Crippen LogP contribution in [0.15, 0.2) is 10.9 Å². The molecule has 1 atom stereocenters. The molecule has 0 bridgehead atoms. The molecule has 8 nitrogen and oxygen atoms in total. The monoisotopic (exact) mass is 239 g/mol. The predicted molar refractivity (Wildman–Crippen MR) is 54.6 cm³/mol. The van der Waals surface area contributed by atoms with Gasteiger partial charge in [0, 0.05) is 13.0 Å². The van der Waals surface area contributed by atoms with Crippen molar-refractivity contribution in [2.24, 2.45) is 5.92 Å². The van der Waals surface area contributed by atoms with Gasteiger partial charge in [-0.15, -0.1) is 0 Å². The van der Waals surface area contributed by atoms with E-state index < -0.39 is 29.2 Å². The maximum atomic E-state index is 11.5. The number of carbonyl (C=O) groups is 2. The summed E-state index contributed by atoms with van der Waals surface area (Å²) in [5.74, 6) is -3.01. The SMILES string of the molecule is O=C(O)C1CC(=O)N(c2nc(O)cc(=O)[nH]2)C1. The molecule has 1 aliphatic rings. The predicted octanol–water partition coefficient (Wildman–Crippen LogP) is -1.09. The number of carboxylic acid groups (broad SMARTS) is 1. The third-order valence-corrected chi connectivity index (χ3v) is 2.45. The highest BCUT2D eigenvalue weighted by Crippen LogP contribution is 2.22. The third-order valence-electron chi connectivity index (χ3n) is 2.45. The van der Waals surface area contributed by atoms with Crippen molar-refractivity contribution in [3.05, 3.63) is 16.4 Å². The molecule has 0 aromatic carbocycles. The second kappa shape index (κ2) is 3.89. The fourth-order valence-electron chi connectivity index (χ4n) is 1.64. The number of aliphatic carboxylic acids is 1. The van der Waals surface area contributed by atoms with Crippen LogP contribution in [-0.4, -0.2) is 38.6 Å². The van der Waals surface area contributed by atoms with E-state index in [1.807, 2.05) is 0 Å². The number of anilines is 1. The number of carboxylic acids is 1.